The standard InChI is InChI=1S/C63H75N3O11/c1-59(2,3)74-51(68)29-27-45(38-67)64-56(69)48(34-39-18-11-8-12-19-39)65(7)58(71)62-36-49-52-53(76-63(75-52,43-22-13-9-14-23-43)44-24-15-10-16-25-44)55(62)77-66(54(62)57(70)72-49)37-41-21-17-20-40(32-41)33-42-26-28-50-61(6,73-50)31-30-47-46(42)35-60(47,4)5/h8-25,32-33,45-50,52-55,67H,26-31,34-38H2,1-7H3,(H,64,69)/t45-,46+,47+,48+,49+,50?,52-,53-,54-,55+,61+,62-/m0/s1. The van der Waals surface area contributed by atoms with Gasteiger partial charge < -0.3 is 39.0 Å². The number of allylic oxidation sites excluding steroid dienone is 1. The fourth-order valence-corrected chi connectivity index (χ4v) is 14.0. The van der Waals surface area contributed by atoms with Crippen LogP contribution in [0.5, 0.6) is 0 Å². The van der Waals surface area contributed by atoms with E-state index >= 15 is 9.59 Å². The number of aliphatic hydroxyl groups is 1. The van der Waals surface area contributed by atoms with Crippen LogP contribution >= 0.6 is 0 Å². The van der Waals surface area contributed by atoms with E-state index in [1.807, 2.05) is 103 Å². The summed E-state index contributed by atoms with van der Waals surface area (Å²) in [5.41, 5.74) is 3.52. The molecular weight excluding hydrogens is 975 g/mol. The minimum absolute atomic E-state index is 0.0186. The van der Waals surface area contributed by atoms with Gasteiger partial charge in [0.15, 0.2) is 6.04 Å². The number of fused-ring (bicyclic) bond motifs is 6. The molecule has 11 rings (SSSR count). The number of nitrogens with one attached hydrogen (secondary N) is 1. The summed E-state index contributed by atoms with van der Waals surface area (Å²) < 4.78 is 32.7. The monoisotopic (exact) mass is 1050 g/mol. The maximum Gasteiger partial charge on any atom is 0.327 e. The molecule has 4 heterocycles. The summed E-state index contributed by atoms with van der Waals surface area (Å²) in [6, 6.07) is 33.8. The molecule has 4 aromatic rings. The Morgan fingerprint density at radius 1 is 0.857 bits per heavy atom. The van der Waals surface area contributed by atoms with Gasteiger partial charge in [0.1, 0.15) is 41.5 Å². The number of rotatable bonds is 15. The average molecular weight is 1050 g/mol. The Kier molecular flexibility index (Phi) is 14.2. The molecule has 0 radical (unpaired) electrons. The lowest BCUT2D eigenvalue weighted by atomic mass is 9.52. The van der Waals surface area contributed by atoms with Crippen LogP contribution in [0.2, 0.25) is 0 Å². The molecule has 12 atom stereocenters. The predicted molar refractivity (Wildman–Crippen MR) is 287 cm³/mol. The minimum Gasteiger partial charge on any atom is -0.460 e. The summed E-state index contributed by atoms with van der Waals surface area (Å²) in [4.78, 5) is 67.6. The van der Waals surface area contributed by atoms with E-state index in [1.165, 1.54) is 10.5 Å². The lowest BCUT2D eigenvalue weighted by Crippen LogP contribution is -2.70. The quantitative estimate of drug-likeness (QED) is 0.0862. The molecule has 1 unspecified atom stereocenters. The van der Waals surface area contributed by atoms with Crippen LogP contribution in [-0.4, -0.2) is 112 Å². The number of epoxide rings is 1. The molecule has 3 aliphatic carbocycles. The van der Waals surface area contributed by atoms with Crippen LogP contribution in [0.15, 0.2) is 121 Å². The predicted octanol–water partition coefficient (Wildman–Crippen LogP) is 8.62. The minimum atomic E-state index is -1.63. The molecule has 4 aromatic carbocycles. The van der Waals surface area contributed by atoms with E-state index in [2.05, 4.69) is 44.3 Å². The zero-order valence-corrected chi connectivity index (χ0v) is 45.5. The Labute approximate surface area is 452 Å². The van der Waals surface area contributed by atoms with Crippen molar-refractivity contribution in [2.24, 2.45) is 22.7 Å². The van der Waals surface area contributed by atoms with Crippen molar-refractivity contribution < 1.29 is 52.8 Å². The molecule has 3 saturated carbocycles. The van der Waals surface area contributed by atoms with Gasteiger partial charge in [-0.05, 0) is 100 Å². The molecule has 0 aromatic heterocycles. The summed E-state index contributed by atoms with van der Waals surface area (Å²) in [6.45, 7) is 12.1. The number of hydrogen-bond acceptors (Lipinski definition) is 12. The summed E-state index contributed by atoms with van der Waals surface area (Å²) in [5.74, 6) is -2.49. The molecule has 7 aliphatic rings. The van der Waals surface area contributed by atoms with E-state index in [-0.39, 0.29) is 49.3 Å². The van der Waals surface area contributed by atoms with Crippen molar-refractivity contribution in [3.8, 4) is 0 Å². The molecule has 4 saturated heterocycles. The maximum absolute atomic E-state index is 16.3. The molecule has 2 amide bonds. The van der Waals surface area contributed by atoms with Crippen LogP contribution in [0.1, 0.15) is 121 Å². The number of hydroxylamine groups is 2. The molecule has 77 heavy (non-hydrogen) atoms. The maximum atomic E-state index is 16.3. The highest BCUT2D eigenvalue weighted by molar-refractivity contribution is 5.96. The van der Waals surface area contributed by atoms with E-state index in [1.54, 1.807) is 32.9 Å². The molecule has 408 valence electrons. The van der Waals surface area contributed by atoms with Gasteiger partial charge in [0, 0.05) is 37.4 Å². The van der Waals surface area contributed by atoms with Crippen LogP contribution in [-0.2, 0) is 66.5 Å². The fourth-order valence-electron chi connectivity index (χ4n) is 14.0. The van der Waals surface area contributed by atoms with Crippen LogP contribution < -0.4 is 5.32 Å². The van der Waals surface area contributed by atoms with Gasteiger partial charge in [-0.1, -0.05) is 141 Å². The van der Waals surface area contributed by atoms with Crippen molar-refractivity contribution in [2.45, 2.75) is 172 Å². The first kappa shape index (κ1) is 53.3. The SMILES string of the molecule is CN(C(=O)[C@@]12C[C@H]3OC(=O)[C@@H]1N(Cc1cccc(C=C4CCC5O[C@]5(C)CC[C@@H]5[C@@H]4CC5(C)C)c1)O[C@@H]2[C@H]1OC(c2ccccc2)(c2ccccc2)O[C@H]13)[C@H](Cc1ccccc1)C(=O)N[C@H](CO)CCC(=O)OC(C)(C)C. The third-order valence-electron chi connectivity index (χ3n) is 17.9. The van der Waals surface area contributed by atoms with Crippen LogP contribution in [0.4, 0.5) is 0 Å². The summed E-state index contributed by atoms with van der Waals surface area (Å²) in [6.07, 6.45) is 4.41. The Morgan fingerprint density at radius 3 is 2.18 bits per heavy atom. The van der Waals surface area contributed by atoms with Gasteiger partial charge in [0.2, 0.25) is 17.6 Å². The van der Waals surface area contributed by atoms with Crippen molar-refractivity contribution in [3.63, 3.8) is 0 Å². The Hall–Kier alpha value is -5.74. The van der Waals surface area contributed by atoms with Gasteiger partial charge in [-0.25, -0.2) is 0 Å². The zero-order valence-electron chi connectivity index (χ0n) is 45.5. The molecule has 14 nitrogen and oxygen atoms in total. The number of benzene rings is 4. The average Bonchev–Trinajstić information content (AvgIpc) is 3.95. The van der Waals surface area contributed by atoms with Crippen molar-refractivity contribution >= 4 is 29.8 Å². The first-order chi connectivity index (χ1) is 36.8. The van der Waals surface area contributed by atoms with Crippen molar-refractivity contribution in [1.29, 1.82) is 0 Å². The summed E-state index contributed by atoms with van der Waals surface area (Å²) in [5, 5.41) is 15.1. The highest BCUT2D eigenvalue weighted by atomic mass is 16.8. The number of nitrogens with zero attached hydrogens (tertiary/aromatic N) is 2. The first-order valence-electron chi connectivity index (χ1n) is 27.8. The van der Waals surface area contributed by atoms with Gasteiger partial charge in [-0.15, -0.1) is 0 Å². The molecule has 7 fully saturated rings. The van der Waals surface area contributed by atoms with Crippen molar-refractivity contribution in [3.05, 3.63) is 149 Å². The Balaban J connectivity index is 0.948. The summed E-state index contributed by atoms with van der Waals surface area (Å²) >= 11 is 0. The fraction of sp³-hybridized carbons (Fsp3) is 0.524. The smallest absolute Gasteiger partial charge is 0.327 e. The number of carbonyl (C=O) groups is 4. The van der Waals surface area contributed by atoms with E-state index in [4.69, 9.17) is 28.5 Å². The Morgan fingerprint density at radius 2 is 1.52 bits per heavy atom. The van der Waals surface area contributed by atoms with Crippen LogP contribution in [0, 0.1) is 22.7 Å². The second-order valence-electron chi connectivity index (χ2n) is 24.7. The number of carbonyl (C=O) groups excluding carboxylic acids is 4. The highest BCUT2D eigenvalue weighted by Crippen LogP contribution is 2.61. The lowest BCUT2D eigenvalue weighted by Gasteiger charge is -2.53. The van der Waals surface area contributed by atoms with Gasteiger partial charge in [0.25, 0.3) is 0 Å². The van der Waals surface area contributed by atoms with Crippen LogP contribution in [0.3, 0.4) is 0 Å². The topological polar surface area (TPSA) is 166 Å². The third-order valence-corrected chi connectivity index (χ3v) is 17.9. The van der Waals surface area contributed by atoms with Gasteiger partial charge in [-0.3, -0.25) is 24.0 Å². The molecular formula is C63H75N3O11. The van der Waals surface area contributed by atoms with E-state index < -0.39 is 89.7 Å². The Bertz CT molecular complexity index is 2830. The number of ether oxygens (including phenoxy) is 5. The molecule has 4 aliphatic heterocycles. The lowest BCUT2D eigenvalue weighted by molar-refractivity contribution is -0.214. The van der Waals surface area contributed by atoms with Crippen molar-refractivity contribution in [2.75, 3.05) is 13.7 Å². The summed E-state index contributed by atoms with van der Waals surface area (Å²) in [7, 11) is 1.59. The van der Waals surface area contributed by atoms with E-state index in [9.17, 15) is 14.7 Å². The second-order valence-corrected chi connectivity index (χ2v) is 24.7. The number of likely N-dealkylation sites (N-methyl/N-ethyl adjacent to an activating group) is 1. The van der Waals surface area contributed by atoms with Gasteiger partial charge in [-0.2, -0.15) is 5.06 Å². The third kappa shape index (κ3) is 10.1. The first-order valence-corrected chi connectivity index (χ1v) is 27.8. The molecule has 2 N–H and O–H groups in total. The molecule has 0 spiro atoms. The van der Waals surface area contributed by atoms with Crippen molar-refractivity contribution in [1.82, 2.24) is 15.3 Å². The van der Waals surface area contributed by atoms with E-state index in [0.717, 1.165) is 59.9 Å². The molecule has 2 bridgehead atoms. The zero-order chi connectivity index (χ0) is 54.1. The number of hydrogen-bond donors (Lipinski definition) is 2. The van der Waals surface area contributed by atoms with Gasteiger partial charge >= 0.3 is 11.9 Å². The van der Waals surface area contributed by atoms with Gasteiger partial charge in [0.05, 0.1) is 30.9 Å². The second kappa shape index (κ2) is 20.5. The largest absolute Gasteiger partial charge is 0.460 e. The number of amides is 2. The number of esters is 2. The molecule has 14 heteroatoms. The van der Waals surface area contributed by atoms with E-state index in [0.29, 0.717) is 11.8 Å². The van der Waals surface area contributed by atoms with Crippen LogP contribution in [0.25, 0.3) is 6.08 Å². The number of aliphatic hydroxyl groups excluding tert-OH is 1. The normalized spacial score (nSPS) is 31.8. The highest BCUT2D eigenvalue weighted by Gasteiger charge is 2.77.